The van der Waals surface area contributed by atoms with Crippen LogP contribution in [0.5, 0.6) is 0 Å². The number of hydrogen-bond acceptors (Lipinski definition) is 2. The third-order valence-corrected chi connectivity index (χ3v) is 7.11. The minimum atomic E-state index is 0.318. The summed E-state index contributed by atoms with van der Waals surface area (Å²) in [7, 11) is 0. The van der Waals surface area contributed by atoms with Crippen LogP contribution in [0.25, 0.3) is 11.3 Å². The molecule has 1 aliphatic heterocycles. The second-order valence-electron chi connectivity index (χ2n) is 8.35. The molecule has 0 bridgehead atoms. The number of piperazine rings is 1. The predicted molar refractivity (Wildman–Crippen MR) is 138 cm³/mol. The first-order chi connectivity index (χ1) is 16.2. The van der Waals surface area contributed by atoms with Crippen LogP contribution in [0.1, 0.15) is 22.9 Å². The van der Waals surface area contributed by atoms with E-state index in [0.717, 1.165) is 48.3 Å². The Hall–Kier alpha value is -2.92. The fourth-order valence-corrected chi connectivity index (χ4v) is 5.18. The quantitative estimate of drug-likeness (QED) is 0.399. The van der Waals surface area contributed by atoms with E-state index >= 15 is 0 Å². The highest BCUT2D eigenvalue weighted by Gasteiger charge is 2.31. The zero-order chi connectivity index (χ0) is 22.6. The van der Waals surface area contributed by atoms with E-state index in [1.807, 2.05) is 36.4 Å². The largest absolute Gasteiger partial charge is 0.454 e. The Morgan fingerprint density at radius 3 is 1.97 bits per heavy atom. The summed E-state index contributed by atoms with van der Waals surface area (Å²) < 4.78 is 6.10. The van der Waals surface area contributed by atoms with E-state index in [1.165, 1.54) is 11.1 Å². The van der Waals surface area contributed by atoms with Crippen molar-refractivity contribution in [3.05, 3.63) is 119 Å². The molecule has 1 saturated heterocycles. The normalized spacial score (nSPS) is 14.5. The molecular formula is C28H26ClN2OS+. The Bertz CT molecular complexity index is 1180. The summed E-state index contributed by atoms with van der Waals surface area (Å²) in [6.45, 7) is 3.80. The Kier molecular flexibility index (Phi) is 6.58. The van der Waals surface area contributed by atoms with Crippen molar-refractivity contribution in [3.63, 3.8) is 0 Å². The molecule has 2 heterocycles. The van der Waals surface area contributed by atoms with E-state index in [2.05, 4.69) is 65.6 Å². The number of thiocarbonyl (C=S) groups is 1. The smallest absolute Gasteiger partial charge is 0.162 e. The van der Waals surface area contributed by atoms with Crippen LogP contribution in [0, 0.1) is 0 Å². The first-order valence-corrected chi connectivity index (χ1v) is 12.1. The second kappa shape index (κ2) is 9.92. The number of hydrogen-bond donors (Lipinski definition) is 1. The van der Waals surface area contributed by atoms with Gasteiger partial charge in [-0.15, -0.1) is 0 Å². The lowest BCUT2D eigenvalue weighted by Crippen LogP contribution is -3.15. The molecule has 0 amide bonds. The maximum atomic E-state index is 6.34. The fourth-order valence-electron chi connectivity index (χ4n) is 4.65. The minimum Gasteiger partial charge on any atom is -0.454 e. The van der Waals surface area contributed by atoms with Gasteiger partial charge in [0, 0.05) is 16.7 Å². The molecule has 1 aromatic heterocycles. The molecule has 5 heteroatoms. The van der Waals surface area contributed by atoms with Crippen molar-refractivity contribution in [2.45, 2.75) is 6.04 Å². The average molecular weight is 474 g/mol. The average Bonchev–Trinajstić information content (AvgIpc) is 3.36. The van der Waals surface area contributed by atoms with Gasteiger partial charge in [0.1, 0.15) is 16.8 Å². The van der Waals surface area contributed by atoms with Gasteiger partial charge in [0.05, 0.1) is 31.2 Å². The maximum Gasteiger partial charge on any atom is 0.162 e. The maximum absolute atomic E-state index is 6.34. The molecule has 33 heavy (non-hydrogen) atoms. The van der Waals surface area contributed by atoms with Crippen LogP contribution >= 0.6 is 23.8 Å². The van der Waals surface area contributed by atoms with Crippen molar-refractivity contribution in [1.82, 2.24) is 4.90 Å². The Balaban J connectivity index is 1.30. The zero-order valence-corrected chi connectivity index (χ0v) is 19.9. The van der Waals surface area contributed by atoms with Gasteiger partial charge in [-0.05, 0) is 24.3 Å². The molecule has 0 unspecified atom stereocenters. The van der Waals surface area contributed by atoms with Gasteiger partial charge in [-0.2, -0.15) is 0 Å². The van der Waals surface area contributed by atoms with Crippen LogP contribution in [0.4, 0.5) is 0 Å². The summed E-state index contributed by atoms with van der Waals surface area (Å²) in [5, 5.41) is 0.675. The van der Waals surface area contributed by atoms with Crippen LogP contribution in [0.2, 0.25) is 5.02 Å². The van der Waals surface area contributed by atoms with Crippen molar-refractivity contribution < 1.29 is 9.32 Å². The van der Waals surface area contributed by atoms with Crippen LogP contribution < -0.4 is 4.90 Å². The number of furan rings is 1. The van der Waals surface area contributed by atoms with Gasteiger partial charge in [-0.25, -0.2) is 0 Å². The van der Waals surface area contributed by atoms with Gasteiger partial charge in [-0.3, -0.25) is 0 Å². The van der Waals surface area contributed by atoms with Gasteiger partial charge >= 0.3 is 0 Å². The summed E-state index contributed by atoms with van der Waals surface area (Å²) in [6.07, 6.45) is 0. The molecule has 1 aliphatic rings. The van der Waals surface area contributed by atoms with Crippen molar-refractivity contribution in [1.29, 1.82) is 0 Å². The van der Waals surface area contributed by atoms with Gasteiger partial charge in [0.2, 0.25) is 0 Å². The first kappa shape index (κ1) is 21.9. The number of nitrogens with zero attached hydrogens (tertiary/aromatic N) is 1. The third kappa shape index (κ3) is 4.74. The van der Waals surface area contributed by atoms with Crippen LogP contribution in [-0.2, 0) is 0 Å². The van der Waals surface area contributed by atoms with Gasteiger partial charge in [0.25, 0.3) is 0 Å². The van der Waals surface area contributed by atoms with Crippen molar-refractivity contribution in [2.75, 3.05) is 26.2 Å². The molecule has 0 spiro atoms. The highest BCUT2D eigenvalue weighted by Crippen LogP contribution is 2.29. The van der Waals surface area contributed by atoms with Gasteiger partial charge in [-0.1, -0.05) is 96.6 Å². The standard InChI is InChI=1S/C28H25ClN2OS/c29-24-14-8-7-13-23(24)25-15-16-26(32-25)28(33)31-19-17-30(18-20-31)27(21-9-3-1-4-10-21)22-11-5-2-6-12-22/h1-16,27H,17-20H2/p+1. The lowest BCUT2D eigenvalue weighted by molar-refractivity contribution is -0.929. The molecule has 0 atom stereocenters. The molecule has 0 saturated carbocycles. The second-order valence-corrected chi connectivity index (χ2v) is 9.14. The molecule has 4 aromatic rings. The number of halogens is 1. The van der Waals surface area contributed by atoms with E-state index in [0.29, 0.717) is 11.1 Å². The molecule has 166 valence electrons. The van der Waals surface area contributed by atoms with Crippen molar-refractivity contribution in [2.24, 2.45) is 0 Å². The molecule has 0 aliphatic carbocycles. The Morgan fingerprint density at radius 1 is 0.788 bits per heavy atom. The number of rotatable bonds is 5. The zero-order valence-electron chi connectivity index (χ0n) is 18.3. The molecule has 0 radical (unpaired) electrons. The molecule has 5 rings (SSSR count). The van der Waals surface area contributed by atoms with Gasteiger partial charge in [0.15, 0.2) is 5.76 Å². The first-order valence-electron chi connectivity index (χ1n) is 11.3. The van der Waals surface area contributed by atoms with Gasteiger partial charge < -0.3 is 14.2 Å². The van der Waals surface area contributed by atoms with Crippen LogP contribution in [-0.4, -0.2) is 36.1 Å². The highest BCUT2D eigenvalue weighted by molar-refractivity contribution is 7.80. The summed E-state index contributed by atoms with van der Waals surface area (Å²) in [4.78, 5) is 4.59. The van der Waals surface area contributed by atoms with Crippen molar-refractivity contribution in [3.8, 4) is 11.3 Å². The monoisotopic (exact) mass is 473 g/mol. The van der Waals surface area contributed by atoms with E-state index < -0.39 is 0 Å². The topological polar surface area (TPSA) is 20.8 Å². The fraction of sp³-hybridized carbons (Fsp3) is 0.179. The van der Waals surface area contributed by atoms with E-state index in [-0.39, 0.29) is 0 Å². The van der Waals surface area contributed by atoms with Crippen LogP contribution in [0.15, 0.2) is 101 Å². The molecule has 3 aromatic carbocycles. The summed E-state index contributed by atoms with van der Waals surface area (Å²) >= 11 is 12.2. The SMILES string of the molecule is S=C(c1ccc(-c2ccccc2Cl)o1)N1CC[NH+](C(c2ccccc2)c2ccccc2)CC1. The van der Waals surface area contributed by atoms with E-state index in [9.17, 15) is 0 Å². The molecule has 1 fully saturated rings. The van der Waals surface area contributed by atoms with Crippen molar-refractivity contribution >= 4 is 28.8 Å². The van der Waals surface area contributed by atoms with Crippen LogP contribution in [0.3, 0.4) is 0 Å². The summed E-state index contributed by atoms with van der Waals surface area (Å²) in [5.74, 6) is 1.47. The minimum absolute atomic E-state index is 0.318. The molecular weight excluding hydrogens is 448 g/mol. The molecule has 1 N–H and O–H groups in total. The number of benzene rings is 3. The summed E-state index contributed by atoms with van der Waals surface area (Å²) in [6, 6.07) is 33.6. The predicted octanol–water partition coefficient (Wildman–Crippen LogP) is 5.27. The molecule has 3 nitrogen and oxygen atoms in total. The van der Waals surface area contributed by atoms with E-state index in [4.69, 9.17) is 28.2 Å². The van der Waals surface area contributed by atoms with E-state index in [1.54, 1.807) is 4.90 Å². The Morgan fingerprint density at radius 2 is 1.36 bits per heavy atom. The third-order valence-electron chi connectivity index (χ3n) is 6.32. The lowest BCUT2D eigenvalue weighted by Gasteiger charge is -2.37. The number of nitrogens with one attached hydrogen (secondary N) is 1. The Labute approximate surface area is 205 Å². The lowest BCUT2D eigenvalue weighted by atomic mass is 9.96. The summed E-state index contributed by atoms with van der Waals surface area (Å²) in [5.41, 5.74) is 3.59. The highest BCUT2D eigenvalue weighted by atomic mass is 35.5. The number of quaternary nitrogens is 1.